The second-order valence-electron chi connectivity index (χ2n) is 6.84. The summed E-state index contributed by atoms with van der Waals surface area (Å²) in [5.74, 6) is -0.0752. The van der Waals surface area contributed by atoms with Gasteiger partial charge in [-0.05, 0) is 62.1 Å². The Morgan fingerprint density at radius 3 is 2.27 bits per heavy atom. The number of carbonyl (C=O) groups is 1. The van der Waals surface area contributed by atoms with Crippen LogP contribution in [0.5, 0.6) is 0 Å². The molecule has 0 spiro atoms. The van der Waals surface area contributed by atoms with Gasteiger partial charge in [-0.2, -0.15) is 10.1 Å². The van der Waals surface area contributed by atoms with E-state index in [1.807, 2.05) is 43.3 Å². The number of hydrogen-bond donors (Lipinski definition) is 0. The standard InChI is InChI=1S/C22H23N3O/c1-17-21(22(26)25(23-17)20-8-4-2-5-9-20)16-18-10-12-19(13-11-18)24-14-6-3-7-15-24/h2,4-5,8-13,16H,3,6-7,14-15H2,1H3. The van der Waals surface area contributed by atoms with Gasteiger partial charge < -0.3 is 4.90 Å². The molecule has 2 aromatic rings. The minimum Gasteiger partial charge on any atom is -0.372 e. The van der Waals surface area contributed by atoms with Crippen molar-refractivity contribution in [2.45, 2.75) is 26.2 Å². The summed E-state index contributed by atoms with van der Waals surface area (Å²) in [6.45, 7) is 4.15. The normalized spacial score (nSPS) is 19.2. The second kappa shape index (κ2) is 7.16. The highest BCUT2D eigenvalue weighted by atomic mass is 16.2. The van der Waals surface area contributed by atoms with Crippen molar-refractivity contribution in [1.29, 1.82) is 0 Å². The van der Waals surface area contributed by atoms with Gasteiger partial charge in [-0.1, -0.05) is 30.3 Å². The van der Waals surface area contributed by atoms with Crippen LogP contribution in [0.4, 0.5) is 11.4 Å². The lowest BCUT2D eigenvalue weighted by molar-refractivity contribution is -0.114. The quantitative estimate of drug-likeness (QED) is 0.769. The summed E-state index contributed by atoms with van der Waals surface area (Å²) in [5, 5.41) is 5.91. The number of benzene rings is 2. The predicted octanol–water partition coefficient (Wildman–Crippen LogP) is 4.48. The highest BCUT2D eigenvalue weighted by Gasteiger charge is 2.28. The minimum atomic E-state index is -0.0752. The molecule has 0 saturated carbocycles. The number of piperidine rings is 1. The summed E-state index contributed by atoms with van der Waals surface area (Å²) in [5.41, 5.74) is 4.48. The largest absolute Gasteiger partial charge is 0.372 e. The molecular formula is C22H23N3O. The smallest absolute Gasteiger partial charge is 0.280 e. The molecule has 0 unspecified atom stereocenters. The van der Waals surface area contributed by atoms with Gasteiger partial charge >= 0.3 is 0 Å². The van der Waals surface area contributed by atoms with Crippen molar-refractivity contribution in [3.63, 3.8) is 0 Å². The summed E-state index contributed by atoms with van der Waals surface area (Å²) in [6, 6.07) is 18.0. The molecule has 26 heavy (non-hydrogen) atoms. The molecule has 1 fully saturated rings. The Bertz CT molecular complexity index is 847. The first kappa shape index (κ1) is 16.6. The monoisotopic (exact) mass is 345 g/mol. The molecule has 0 bridgehead atoms. The fraction of sp³-hybridized carbons (Fsp3) is 0.273. The third kappa shape index (κ3) is 3.27. The van der Waals surface area contributed by atoms with Crippen LogP contribution in [0.15, 0.2) is 65.3 Å². The first-order chi connectivity index (χ1) is 12.7. The second-order valence-corrected chi connectivity index (χ2v) is 6.84. The zero-order chi connectivity index (χ0) is 17.9. The van der Waals surface area contributed by atoms with E-state index in [-0.39, 0.29) is 5.91 Å². The van der Waals surface area contributed by atoms with Gasteiger partial charge in [0.15, 0.2) is 0 Å². The topological polar surface area (TPSA) is 35.9 Å². The molecule has 0 aromatic heterocycles. The van der Waals surface area contributed by atoms with E-state index in [2.05, 4.69) is 34.3 Å². The molecule has 2 aliphatic heterocycles. The van der Waals surface area contributed by atoms with Gasteiger partial charge in [0.2, 0.25) is 0 Å². The van der Waals surface area contributed by atoms with Crippen LogP contribution in [0.1, 0.15) is 31.7 Å². The van der Waals surface area contributed by atoms with Crippen LogP contribution in [-0.2, 0) is 4.79 Å². The third-order valence-electron chi connectivity index (χ3n) is 4.99. The number of hydrazone groups is 1. The molecule has 0 atom stereocenters. The number of nitrogens with zero attached hydrogens (tertiary/aromatic N) is 3. The molecule has 1 amide bonds. The molecule has 4 heteroatoms. The minimum absolute atomic E-state index is 0.0752. The number of hydrogen-bond acceptors (Lipinski definition) is 3. The molecule has 2 aromatic carbocycles. The number of carbonyl (C=O) groups excluding carboxylic acids is 1. The zero-order valence-corrected chi connectivity index (χ0v) is 15.1. The van der Waals surface area contributed by atoms with Crippen LogP contribution in [-0.4, -0.2) is 24.7 Å². The summed E-state index contributed by atoms with van der Waals surface area (Å²) < 4.78 is 0. The molecular weight excluding hydrogens is 322 g/mol. The summed E-state index contributed by atoms with van der Waals surface area (Å²) in [7, 11) is 0. The average Bonchev–Trinajstić information content (AvgIpc) is 2.98. The lowest BCUT2D eigenvalue weighted by atomic mass is 10.1. The molecule has 0 N–H and O–H groups in total. The van der Waals surface area contributed by atoms with Crippen molar-refractivity contribution in [1.82, 2.24) is 0 Å². The summed E-state index contributed by atoms with van der Waals surface area (Å²) in [6.07, 6.45) is 5.81. The van der Waals surface area contributed by atoms with E-state index in [1.165, 1.54) is 30.0 Å². The number of anilines is 2. The van der Waals surface area contributed by atoms with Gasteiger partial charge in [0.1, 0.15) is 0 Å². The van der Waals surface area contributed by atoms with Gasteiger partial charge in [-0.15, -0.1) is 0 Å². The van der Waals surface area contributed by atoms with Crippen LogP contribution in [0.2, 0.25) is 0 Å². The summed E-state index contributed by atoms with van der Waals surface area (Å²) in [4.78, 5) is 15.2. The van der Waals surface area contributed by atoms with Crippen LogP contribution < -0.4 is 9.91 Å². The van der Waals surface area contributed by atoms with Gasteiger partial charge in [0, 0.05) is 18.8 Å². The highest BCUT2D eigenvalue weighted by Crippen LogP contribution is 2.26. The molecule has 2 heterocycles. The number of rotatable bonds is 3. The Hall–Kier alpha value is -2.88. The van der Waals surface area contributed by atoms with Crippen molar-refractivity contribution in [2.75, 3.05) is 23.0 Å². The van der Waals surface area contributed by atoms with Gasteiger partial charge in [-0.3, -0.25) is 4.79 Å². The van der Waals surface area contributed by atoms with Crippen LogP contribution in [0.25, 0.3) is 6.08 Å². The van der Waals surface area contributed by atoms with E-state index < -0.39 is 0 Å². The Balaban J connectivity index is 1.54. The maximum Gasteiger partial charge on any atom is 0.280 e. The lowest BCUT2D eigenvalue weighted by Crippen LogP contribution is -2.29. The van der Waals surface area contributed by atoms with Crippen LogP contribution in [0, 0.1) is 0 Å². The van der Waals surface area contributed by atoms with E-state index in [1.54, 1.807) is 0 Å². The van der Waals surface area contributed by atoms with Crippen molar-refractivity contribution >= 4 is 29.1 Å². The fourth-order valence-corrected chi connectivity index (χ4v) is 3.53. The van der Waals surface area contributed by atoms with Crippen LogP contribution in [0.3, 0.4) is 0 Å². The van der Waals surface area contributed by atoms with Crippen molar-refractivity contribution < 1.29 is 4.79 Å². The first-order valence-electron chi connectivity index (χ1n) is 9.24. The molecule has 132 valence electrons. The van der Waals surface area contributed by atoms with Crippen LogP contribution >= 0.6 is 0 Å². The molecule has 4 nitrogen and oxygen atoms in total. The van der Waals surface area contributed by atoms with E-state index >= 15 is 0 Å². The van der Waals surface area contributed by atoms with Crippen molar-refractivity contribution in [3.05, 3.63) is 65.7 Å². The molecule has 2 aliphatic rings. The fourth-order valence-electron chi connectivity index (χ4n) is 3.53. The lowest BCUT2D eigenvalue weighted by Gasteiger charge is -2.28. The molecule has 0 aliphatic carbocycles. The Labute approximate surface area is 154 Å². The Morgan fingerprint density at radius 2 is 1.58 bits per heavy atom. The highest BCUT2D eigenvalue weighted by molar-refractivity contribution is 6.32. The van der Waals surface area contributed by atoms with Crippen molar-refractivity contribution in [2.24, 2.45) is 5.10 Å². The maximum atomic E-state index is 12.8. The molecule has 0 radical (unpaired) electrons. The third-order valence-corrected chi connectivity index (χ3v) is 4.99. The van der Waals surface area contributed by atoms with Gasteiger partial charge in [-0.25, -0.2) is 0 Å². The van der Waals surface area contributed by atoms with E-state index in [0.29, 0.717) is 5.57 Å². The van der Waals surface area contributed by atoms with E-state index in [4.69, 9.17) is 0 Å². The first-order valence-corrected chi connectivity index (χ1v) is 9.24. The Morgan fingerprint density at radius 1 is 0.885 bits per heavy atom. The number of para-hydroxylation sites is 1. The maximum absolute atomic E-state index is 12.8. The molecule has 1 saturated heterocycles. The van der Waals surface area contributed by atoms with Gasteiger partial charge in [0.05, 0.1) is 17.0 Å². The van der Waals surface area contributed by atoms with E-state index in [0.717, 1.165) is 30.1 Å². The summed E-state index contributed by atoms with van der Waals surface area (Å²) >= 11 is 0. The molecule has 4 rings (SSSR count). The van der Waals surface area contributed by atoms with Crippen molar-refractivity contribution in [3.8, 4) is 0 Å². The predicted molar refractivity (Wildman–Crippen MR) is 108 cm³/mol. The SMILES string of the molecule is CC1=NN(c2ccccc2)C(=O)C1=Cc1ccc(N2CCCCC2)cc1. The number of amides is 1. The van der Waals surface area contributed by atoms with Gasteiger partial charge in [0.25, 0.3) is 5.91 Å². The average molecular weight is 345 g/mol. The van der Waals surface area contributed by atoms with E-state index in [9.17, 15) is 4.79 Å². The Kier molecular flexibility index (Phi) is 4.57. The zero-order valence-electron chi connectivity index (χ0n) is 15.1.